The number of oxazole rings is 1. The molecule has 0 spiro atoms. The summed E-state index contributed by atoms with van der Waals surface area (Å²) in [5, 5.41) is 6.44. The molecule has 0 bridgehead atoms. The Morgan fingerprint density at radius 2 is 1.79 bits per heavy atom. The number of esters is 1. The van der Waals surface area contributed by atoms with E-state index < -0.39 is 0 Å². The molecule has 0 radical (unpaired) electrons. The molecule has 29 heavy (non-hydrogen) atoms. The first-order valence-corrected chi connectivity index (χ1v) is 9.40. The summed E-state index contributed by atoms with van der Waals surface area (Å²) in [4.78, 5) is 20.4. The standard InChI is InChI=1S/C22H24N4O3/c1-3-28-21(27)18-11-9-16(10-12-18)13-24-22(23-2)25-14-19-15-29-20(26-19)17-7-5-4-6-8-17/h4-12,15H,3,13-14H2,1-2H3,(H2,23,24,25). The molecule has 0 atom stereocenters. The number of nitrogens with one attached hydrogen (secondary N) is 2. The average Bonchev–Trinajstić information content (AvgIpc) is 3.24. The number of carbonyl (C=O) groups excluding carboxylic acids is 1. The monoisotopic (exact) mass is 392 g/mol. The minimum absolute atomic E-state index is 0.313. The van der Waals surface area contributed by atoms with Crippen molar-refractivity contribution in [2.24, 2.45) is 4.99 Å². The smallest absolute Gasteiger partial charge is 0.338 e. The molecular weight excluding hydrogens is 368 g/mol. The van der Waals surface area contributed by atoms with E-state index >= 15 is 0 Å². The van der Waals surface area contributed by atoms with Crippen LogP contribution < -0.4 is 10.6 Å². The van der Waals surface area contributed by atoms with Gasteiger partial charge in [0.25, 0.3) is 0 Å². The van der Waals surface area contributed by atoms with Crippen LogP contribution in [0.3, 0.4) is 0 Å². The molecule has 0 aliphatic carbocycles. The van der Waals surface area contributed by atoms with Gasteiger partial charge in [0.05, 0.1) is 24.4 Å². The van der Waals surface area contributed by atoms with Crippen LogP contribution in [0.1, 0.15) is 28.5 Å². The second-order valence-electron chi connectivity index (χ2n) is 6.21. The summed E-state index contributed by atoms with van der Waals surface area (Å²) in [6, 6.07) is 17.0. The lowest BCUT2D eigenvalue weighted by Crippen LogP contribution is -2.36. The molecule has 0 fully saturated rings. The number of hydrogen-bond acceptors (Lipinski definition) is 5. The van der Waals surface area contributed by atoms with Gasteiger partial charge in [-0.3, -0.25) is 4.99 Å². The van der Waals surface area contributed by atoms with Crippen molar-refractivity contribution in [1.29, 1.82) is 0 Å². The summed E-state index contributed by atoms with van der Waals surface area (Å²) in [6.45, 7) is 3.20. The highest BCUT2D eigenvalue weighted by molar-refractivity contribution is 5.89. The molecular formula is C22H24N4O3. The molecule has 0 amide bonds. The lowest BCUT2D eigenvalue weighted by atomic mass is 10.1. The van der Waals surface area contributed by atoms with Gasteiger partial charge in [0.15, 0.2) is 5.96 Å². The van der Waals surface area contributed by atoms with Crippen LogP contribution in [0.15, 0.2) is 70.3 Å². The predicted octanol–water partition coefficient (Wildman–Crippen LogP) is 3.38. The fourth-order valence-electron chi connectivity index (χ4n) is 2.66. The minimum Gasteiger partial charge on any atom is -0.462 e. The summed E-state index contributed by atoms with van der Waals surface area (Å²) < 4.78 is 10.5. The highest BCUT2D eigenvalue weighted by atomic mass is 16.5. The quantitative estimate of drug-likeness (QED) is 0.364. The van der Waals surface area contributed by atoms with Crippen molar-refractivity contribution >= 4 is 11.9 Å². The van der Waals surface area contributed by atoms with Crippen LogP contribution in [-0.2, 0) is 17.8 Å². The lowest BCUT2D eigenvalue weighted by molar-refractivity contribution is 0.0526. The summed E-state index contributed by atoms with van der Waals surface area (Å²) >= 11 is 0. The van der Waals surface area contributed by atoms with Crippen LogP contribution in [0.2, 0.25) is 0 Å². The van der Waals surface area contributed by atoms with Gasteiger partial charge in [0.2, 0.25) is 5.89 Å². The van der Waals surface area contributed by atoms with Gasteiger partial charge in [-0.05, 0) is 36.8 Å². The van der Waals surface area contributed by atoms with Crippen LogP contribution in [0.25, 0.3) is 11.5 Å². The Morgan fingerprint density at radius 1 is 1.07 bits per heavy atom. The van der Waals surface area contributed by atoms with E-state index in [4.69, 9.17) is 9.15 Å². The summed E-state index contributed by atoms with van der Waals surface area (Å²) in [6.07, 6.45) is 1.64. The Kier molecular flexibility index (Phi) is 7.00. The third kappa shape index (κ3) is 5.68. The predicted molar refractivity (Wildman–Crippen MR) is 111 cm³/mol. The molecule has 2 aromatic carbocycles. The number of hydrogen-bond donors (Lipinski definition) is 2. The Labute approximate surface area is 169 Å². The highest BCUT2D eigenvalue weighted by Gasteiger charge is 2.08. The maximum absolute atomic E-state index is 11.7. The van der Waals surface area contributed by atoms with Crippen molar-refractivity contribution in [2.45, 2.75) is 20.0 Å². The summed E-state index contributed by atoms with van der Waals surface area (Å²) in [5.41, 5.74) is 3.28. The molecule has 0 unspecified atom stereocenters. The molecule has 150 valence electrons. The van der Waals surface area contributed by atoms with Gasteiger partial charge in [-0.1, -0.05) is 30.3 Å². The van der Waals surface area contributed by atoms with Crippen molar-refractivity contribution in [3.63, 3.8) is 0 Å². The number of ether oxygens (including phenoxy) is 1. The maximum atomic E-state index is 11.7. The zero-order valence-electron chi connectivity index (χ0n) is 16.5. The van der Waals surface area contributed by atoms with Crippen molar-refractivity contribution in [2.75, 3.05) is 13.7 Å². The number of carbonyl (C=O) groups is 1. The number of aliphatic imine (C=N–C) groups is 1. The lowest BCUT2D eigenvalue weighted by Gasteiger charge is -2.11. The normalized spacial score (nSPS) is 11.2. The second-order valence-corrected chi connectivity index (χ2v) is 6.21. The number of benzene rings is 2. The van der Waals surface area contributed by atoms with E-state index in [-0.39, 0.29) is 5.97 Å². The summed E-state index contributed by atoms with van der Waals surface area (Å²) in [7, 11) is 1.71. The van der Waals surface area contributed by atoms with E-state index in [9.17, 15) is 4.79 Å². The van der Waals surface area contributed by atoms with Gasteiger partial charge in [0.1, 0.15) is 6.26 Å². The fraction of sp³-hybridized carbons (Fsp3) is 0.227. The van der Waals surface area contributed by atoms with Gasteiger partial charge in [-0.15, -0.1) is 0 Å². The van der Waals surface area contributed by atoms with Gasteiger partial charge in [-0.2, -0.15) is 0 Å². The number of nitrogens with zero attached hydrogens (tertiary/aromatic N) is 2. The van der Waals surface area contributed by atoms with Crippen LogP contribution in [-0.4, -0.2) is 30.6 Å². The molecule has 1 aromatic heterocycles. The first kappa shape index (κ1) is 20.1. The molecule has 2 N–H and O–H groups in total. The Hall–Kier alpha value is -3.61. The van der Waals surface area contributed by atoms with Crippen LogP contribution in [0.4, 0.5) is 0 Å². The molecule has 0 aliphatic rings. The zero-order chi connectivity index (χ0) is 20.5. The molecule has 7 heteroatoms. The molecule has 1 heterocycles. The van der Waals surface area contributed by atoms with Gasteiger partial charge < -0.3 is 19.8 Å². The topological polar surface area (TPSA) is 88.8 Å². The largest absolute Gasteiger partial charge is 0.462 e. The number of aromatic nitrogens is 1. The van der Waals surface area contributed by atoms with E-state index in [1.54, 1.807) is 32.4 Å². The molecule has 3 rings (SSSR count). The zero-order valence-corrected chi connectivity index (χ0v) is 16.5. The van der Waals surface area contributed by atoms with Crippen molar-refractivity contribution in [3.8, 4) is 11.5 Å². The van der Waals surface area contributed by atoms with Crippen LogP contribution >= 0.6 is 0 Å². The second kappa shape index (κ2) is 10.1. The van der Waals surface area contributed by atoms with Gasteiger partial charge in [0, 0.05) is 19.2 Å². The molecule has 0 saturated carbocycles. The Morgan fingerprint density at radius 3 is 2.48 bits per heavy atom. The third-order valence-corrected chi connectivity index (χ3v) is 4.16. The van der Waals surface area contributed by atoms with E-state index in [0.29, 0.717) is 37.1 Å². The Balaban J connectivity index is 1.50. The fourth-order valence-corrected chi connectivity index (χ4v) is 2.66. The van der Waals surface area contributed by atoms with Crippen LogP contribution in [0, 0.1) is 0 Å². The van der Waals surface area contributed by atoms with Crippen molar-refractivity contribution in [3.05, 3.63) is 77.7 Å². The first-order chi connectivity index (χ1) is 14.2. The third-order valence-electron chi connectivity index (χ3n) is 4.16. The summed E-state index contributed by atoms with van der Waals surface area (Å²) in [5.74, 6) is 0.919. The van der Waals surface area contributed by atoms with E-state index in [2.05, 4.69) is 20.6 Å². The van der Waals surface area contributed by atoms with Gasteiger partial charge in [-0.25, -0.2) is 9.78 Å². The van der Waals surface area contributed by atoms with Gasteiger partial charge >= 0.3 is 5.97 Å². The minimum atomic E-state index is -0.313. The molecule has 0 saturated heterocycles. The number of guanidine groups is 1. The Bertz CT molecular complexity index is 950. The van der Waals surface area contributed by atoms with Crippen molar-refractivity contribution in [1.82, 2.24) is 15.6 Å². The first-order valence-electron chi connectivity index (χ1n) is 9.40. The molecule has 3 aromatic rings. The van der Waals surface area contributed by atoms with E-state index in [1.807, 2.05) is 42.5 Å². The van der Waals surface area contributed by atoms with E-state index in [1.165, 1.54) is 0 Å². The highest BCUT2D eigenvalue weighted by Crippen LogP contribution is 2.17. The van der Waals surface area contributed by atoms with E-state index in [0.717, 1.165) is 16.8 Å². The maximum Gasteiger partial charge on any atom is 0.338 e. The molecule has 0 aliphatic heterocycles. The van der Waals surface area contributed by atoms with Crippen molar-refractivity contribution < 1.29 is 13.9 Å². The average molecular weight is 392 g/mol. The van der Waals surface area contributed by atoms with Crippen LogP contribution in [0.5, 0.6) is 0 Å². The number of rotatable bonds is 7. The molecule has 7 nitrogen and oxygen atoms in total. The SMILES string of the molecule is CCOC(=O)c1ccc(CNC(=NC)NCc2coc(-c3ccccc3)n2)cc1.